The molecule has 9 heterocycles. The van der Waals surface area contributed by atoms with Crippen LogP contribution in [-0.4, -0.2) is 164 Å². The van der Waals surface area contributed by atoms with Crippen molar-refractivity contribution in [2.45, 2.75) is 152 Å². The monoisotopic (exact) mass is 995 g/mol. The summed E-state index contributed by atoms with van der Waals surface area (Å²) in [7, 11) is 0. The van der Waals surface area contributed by atoms with Crippen LogP contribution in [0.15, 0.2) is 48.9 Å². The van der Waals surface area contributed by atoms with E-state index in [9.17, 15) is 19.5 Å². The lowest BCUT2D eigenvalue weighted by molar-refractivity contribution is -0.145. The smallest absolute Gasteiger partial charge is 0.239 e. The number of carbonyl (C=O) groups excluding carboxylic acids is 4. The van der Waals surface area contributed by atoms with E-state index in [2.05, 4.69) is 77.9 Å². The molecule has 0 bridgehead atoms. The molecule has 73 heavy (non-hydrogen) atoms. The predicted molar refractivity (Wildman–Crippen MR) is 280 cm³/mol. The van der Waals surface area contributed by atoms with Gasteiger partial charge in [-0.05, 0) is 140 Å². The van der Waals surface area contributed by atoms with Crippen LogP contribution in [0.2, 0.25) is 0 Å². The van der Waals surface area contributed by atoms with E-state index in [1.54, 1.807) is 6.20 Å². The number of aliphatic hydroxyl groups is 1. The predicted octanol–water partition coefficient (Wildman–Crippen LogP) is 5.63. The molecule has 4 amide bonds. The second kappa shape index (κ2) is 19.6. The third-order valence-corrected chi connectivity index (χ3v) is 18.2. The van der Waals surface area contributed by atoms with E-state index in [1.807, 2.05) is 35.2 Å². The summed E-state index contributed by atoms with van der Waals surface area (Å²) < 4.78 is 2.20. The van der Waals surface area contributed by atoms with E-state index in [4.69, 9.17) is 9.97 Å². The number of hydrogen-bond donors (Lipinski definition) is 3. The molecule has 3 unspecified atom stereocenters. The molecule has 3 atom stereocenters. The first kappa shape index (κ1) is 48.3. The van der Waals surface area contributed by atoms with Gasteiger partial charge in [-0.2, -0.15) is 0 Å². The number of aromatic nitrogens is 4. The molecule has 0 radical (unpaired) electrons. The quantitative estimate of drug-likeness (QED) is 0.169. The lowest BCUT2D eigenvalue weighted by atomic mass is 9.73. The molecule has 17 nitrogen and oxygen atoms in total. The topological polar surface area (TPSA) is 176 Å². The summed E-state index contributed by atoms with van der Waals surface area (Å²) in [6, 6.07) is 13.7. The number of imidazole rings is 1. The number of rotatable bonds is 11. The van der Waals surface area contributed by atoms with E-state index in [0.29, 0.717) is 77.0 Å². The second-order valence-corrected chi connectivity index (χ2v) is 23.0. The van der Waals surface area contributed by atoms with Crippen molar-refractivity contribution >= 4 is 52.0 Å². The Morgan fingerprint density at radius 3 is 2.22 bits per heavy atom. The van der Waals surface area contributed by atoms with Gasteiger partial charge in [0.25, 0.3) is 0 Å². The highest BCUT2D eigenvalue weighted by atomic mass is 16.3. The van der Waals surface area contributed by atoms with Crippen molar-refractivity contribution in [2.75, 3.05) is 80.6 Å². The number of likely N-dealkylation sites (tertiary alicyclic amines) is 2. The zero-order valence-electron chi connectivity index (χ0n) is 43.1. The van der Waals surface area contributed by atoms with Crippen molar-refractivity contribution in [3.05, 3.63) is 60.0 Å². The fourth-order valence-electron chi connectivity index (χ4n) is 13.4. The van der Waals surface area contributed by atoms with Crippen molar-refractivity contribution in [1.29, 1.82) is 0 Å². The van der Waals surface area contributed by atoms with E-state index >= 15 is 4.79 Å². The number of fused-ring (bicyclic) bond motifs is 3. The number of pyridine rings is 2. The maximum absolute atomic E-state index is 15.3. The summed E-state index contributed by atoms with van der Waals surface area (Å²) in [6.45, 7) is 13.5. The summed E-state index contributed by atoms with van der Waals surface area (Å²) >= 11 is 0. The van der Waals surface area contributed by atoms with Gasteiger partial charge in [-0.1, -0.05) is 24.6 Å². The zero-order chi connectivity index (χ0) is 50.1. The number of anilines is 3. The normalized spacial score (nSPS) is 26.6. The summed E-state index contributed by atoms with van der Waals surface area (Å²) in [4.78, 5) is 83.8. The molecule has 3 aromatic heterocycles. The van der Waals surface area contributed by atoms with Gasteiger partial charge in [-0.15, -0.1) is 0 Å². The van der Waals surface area contributed by atoms with E-state index in [-0.39, 0.29) is 53.6 Å². The van der Waals surface area contributed by atoms with Crippen molar-refractivity contribution in [3.8, 4) is 11.3 Å². The summed E-state index contributed by atoms with van der Waals surface area (Å²) in [5.74, 6) is 1.67. The first-order valence-electron chi connectivity index (χ1n) is 27.8. The Hall–Kier alpha value is -5.65. The molecule has 1 aromatic carbocycles. The number of amides is 4. The minimum Gasteiger partial charge on any atom is -0.374 e. The summed E-state index contributed by atoms with van der Waals surface area (Å²) in [5, 5.41) is 16.1. The molecule has 2 saturated carbocycles. The number of nitrogens with one attached hydrogen (secondary N) is 2. The molecule has 3 N–H and O–H groups in total. The first-order valence-corrected chi connectivity index (χ1v) is 27.8. The fourth-order valence-corrected chi connectivity index (χ4v) is 13.4. The Bertz CT molecular complexity index is 2720. The number of piperidine rings is 4. The Labute approximate surface area is 429 Å². The largest absolute Gasteiger partial charge is 0.374 e. The minimum absolute atomic E-state index is 0.0652. The lowest BCUT2D eigenvalue weighted by Crippen LogP contribution is -2.60. The van der Waals surface area contributed by atoms with E-state index in [0.717, 1.165) is 115 Å². The Kier molecular flexibility index (Phi) is 12.9. The van der Waals surface area contributed by atoms with Gasteiger partial charge in [0.1, 0.15) is 17.6 Å². The molecule has 12 rings (SSSR count). The van der Waals surface area contributed by atoms with Gasteiger partial charge in [0.15, 0.2) is 5.82 Å². The number of hydrogen-bond acceptors (Lipinski definition) is 12. The van der Waals surface area contributed by atoms with Crippen LogP contribution in [0.25, 0.3) is 22.3 Å². The maximum atomic E-state index is 15.3. The molecular formula is C56H74N12O5. The average molecular weight is 995 g/mol. The molecular weight excluding hydrogens is 921 g/mol. The Balaban J connectivity index is 0.686. The molecule has 7 fully saturated rings. The third kappa shape index (κ3) is 9.04. The Morgan fingerprint density at radius 2 is 1.53 bits per heavy atom. The molecule has 5 saturated heterocycles. The van der Waals surface area contributed by atoms with Gasteiger partial charge >= 0.3 is 0 Å². The van der Waals surface area contributed by atoms with Crippen molar-refractivity contribution in [1.82, 2.24) is 44.4 Å². The van der Waals surface area contributed by atoms with Crippen LogP contribution in [0, 0.1) is 5.92 Å². The van der Waals surface area contributed by atoms with Crippen molar-refractivity contribution in [2.24, 2.45) is 5.92 Å². The van der Waals surface area contributed by atoms with Gasteiger partial charge in [0, 0.05) is 99.9 Å². The van der Waals surface area contributed by atoms with Crippen LogP contribution < -0.4 is 20.4 Å². The van der Waals surface area contributed by atoms with Crippen LogP contribution >= 0.6 is 0 Å². The number of benzene rings is 1. The molecule has 8 aliphatic rings. The number of nitrogens with zero attached hydrogens (tertiary/aromatic N) is 10. The first-order chi connectivity index (χ1) is 35.4. The Morgan fingerprint density at radius 1 is 0.795 bits per heavy atom. The average Bonchev–Trinajstić information content (AvgIpc) is 4.07. The van der Waals surface area contributed by atoms with Crippen LogP contribution in [0.4, 0.5) is 17.3 Å². The van der Waals surface area contributed by atoms with Crippen LogP contribution in [0.5, 0.6) is 0 Å². The van der Waals surface area contributed by atoms with Crippen molar-refractivity contribution in [3.63, 3.8) is 0 Å². The van der Waals surface area contributed by atoms with E-state index < -0.39 is 11.6 Å². The third-order valence-electron chi connectivity index (χ3n) is 18.2. The molecule has 1 spiro atoms. The van der Waals surface area contributed by atoms with Crippen LogP contribution in [0.1, 0.15) is 127 Å². The van der Waals surface area contributed by atoms with Gasteiger partial charge in [0.2, 0.25) is 23.6 Å². The van der Waals surface area contributed by atoms with Crippen LogP contribution in [-0.2, 0) is 24.6 Å². The number of carbonyl (C=O) groups is 4. The fraction of sp³-hybridized carbons (Fsp3) is 0.625. The standard InChI is InChI=1S/C56H74N12O5/c1-35(2)67-34-58-46-32-45(60-51(50(46)67)59-40-9-10-40)38-7-12-44-47(29-38)68(42-30-41(31-42)63-19-5-4-6-20-63)55(73)56(44)17-23-62(24-18-56)36(3)53(71)65-25-27-66(28-26-65)54(72)37-15-21-64(22-16-37)48-13-8-39(33-57-48)43-11-14-49(69)61-52(43)70/h7-8,12-13,29,32-37,40-43,49,69H,4-6,9-11,14-28,30-31H2,1-3H3,(H,59,60)(H,61,70). The highest BCUT2D eigenvalue weighted by molar-refractivity contribution is 6.09. The second-order valence-electron chi connectivity index (χ2n) is 23.0. The van der Waals surface area contributed by atoms with Gasteiger partial charge in [0.05, 0.1) is 34.9 Å². The summed E-state index contributed by atoms with van der Waals surface area (Å²) in [6.07, 6.45) is 14.9. The van der Waals surface area contributed by atoms with Crippen molar-refractivity contribution < 1.29 is 24.3 Å². The molecule has 4 aromatic rings. The SMILES string of the molecule is CC(C(=O)N1CCN(C(=O)C2CCN(c3ccc(C4CCC(O)NC4=O)cn3)CC2)CC1)N1CCC2(CC1)C(=O)N(C1CC(N3CCCCC3)C1)c1cc(-c3cc4ncn(C(C)C)c4c(NC4CC4)n3)ccc12. The molecule has 2 aliphatic carbocycles. The number of aliphatic hydroxyl groups excluding tert-OH is 1. The zero-order valence-corrected chi connectivity index (χ0v) is 43.1. The highest BCUT2D eigenvalue weighted by Gasteiger charge is 2.56. The van der Waals surface area contributed by atoms with Gasteiger partial charge in [-0.25, -0.2) is 15.0 Å². The lowest BCUT2D eigenvalue weighted by Gasteiger charge is -2.48. The van der Waals surface area contributed by atoms with Crippen LogP contribution in [0.3, 0.4) is 0 Å². The number of piperazine rings is 1. The minimum atomic E-state index is -0.782. The molecule has 6 aliphatic heterocycles. The molecule has 388 valence electrons. The maximum Gasteiger partial charge on any atom is 0.239 e. The highest BCUT2D eigenvalue weighted by Crippen LogP contribution is 2.52. The van der Waals surface area contributed by atoms with Gasteiger partial charge in [-0.3, -0.25) is 24.1 Å². The summed E-state index contributed by atoms with van der Waals surface area (Å²) in [5.41, 5.74) is 6.18. The molecule has 17 heteroatoms. The van der Waals surface area contributed by atoms with Gasteiger partial charge < -0.3 is 44.8 Å². The van der Waals surface area contributed by atoms with E-state index in [1.165, 1.54) is 19.3 Å².